The molecule has 2 N–H and O–H groups in total. The molecule has 1 saturated heterocycles. The van der Waals surface area contributed by atoms with Crippen molar-refractivity contribution in [1.82, 2.24) is 24.2 Å². The van der Waals surface area contributed by atoms with Crippen LogP contribution in [0.4, 0.5) is 10.9 Å². The van der Waals surface area contributed by atoms with E-state index in [-0.39, 0.29) is 24.7 Å². The summed E-state index contributed by atoms with van der Waals surface area (Å²) in [6.07, 6.45) is 3.56. The number of imidazole rings is 1. The Labute approximate surface area is 201 Å². The van der Waals surface area contributed by atoms with Crippen LogP contribution in [0.5, 0.6) is 0 Å². The first-order valence-corrected chi connectivity index (χ1v) is 13.1. The Bertz CT molecular complexity index is 1370. The molecule has 3 aromatic heterocycles. The minimum absolute atomic E-state index is 0.0871. The first-order valence-electron chi connectivity index (χ1n) is 10.8. The molecule has 1 fully saturated rings. The molecule has 0 saturated carbocycles. The maximum atomic E-state index is 13.0. The number of rotatable bonds is 7. The van der Waals surface area contributed by atoms with Gasteiger partial charge in [-0.3, -0.25) is 0 Å². The summed E-state index contributed by atoms with van der Waals surface area (Å²) in [7, 11) is -3.68. The Morgan fingerprint density at radius 1 is 1.15 bits per heavy atom. The van der Waals surface area contributed by atoms with Crippen LogP contribution in [0, 0.1) is 6.92 Å². The molecule has 0 aliphatic carbocycles. The number of benzene rings is 1. The predicted molar refractivity (Wildman–Crippen MR) is 130 cm³/mol. The normalized spacial score (nSPS) is 17.0. The number of morpholine rings is 1. The van der Waals surface area contributed by atoms with Crippen molar-refractivity contribution >= 4 is 32.3 Å². The Morgan fingerprint density at radius 2 is 2.00 bits per heavy atom. The molecular weight excluding hydrogens is 472 g/mol. The van der Waals surface area contributed by atoms with Gasteiger partial charge < -0.3 is 15.0 Å². The standard InChI is InChI=1S/C23H24N6O3S2/c1-16-24-14-22(26-16)34(30,31)29-10-11-32-20(15-29)19-8-5-9-21(27-19)28-23-25-13-18(33-23)12-17-6-3-2-4-7-17/h2-9,13-14,20H,10-12,15H2,1H3,(H,24,26)(H,25,27,28). The van der Waals surface area contributed by atoms with Gasteiger partial charge in [-0.05, 0) is 24.6 Å². The van der Waals surface area contributed by atoms with Crippen LogP contribution in [-0.2, 0) is 21.2 Å². The van der Waals surface area contributed by atoms with E-state index >= 15 is 0 Å². The number of aryl methyl sites for hydroxylation is 1. The molecule has 1 aromatic carbocycles. The van der Waals surface area contributed by atoms with Crippen molar-refractivity contribution in [2.24, 2.45) is 0 Å². The molecule has 5 rings (SSSR count). The summed E-state index contributed by atoms with van der Waals surface area (Å²) >= 11 is 1.58. The van der Waals surface area contributed by atoms with Crippen molar-refractivity contribution in [1.29, 1.82) is 0 Å². The number of nitrogens with zero attached hydrogens (tertiary/aromatic N) is 4. The van der Waals surface area contributed by atoms with E-state index in [4.69, 9.17) is 4.74 Å². The summed E-state index contributed by atoms with van der Waals surface area (Å²) in [5, 5.41) is 4.09. The number of hydrogen-bond acceptors (Lipinski definition) is 8. The van der Waals surface area contributed by atoms with Gasteiger partial charge >= 0.3 is 0 Å². The van der Waals surface area contributed by atoms with Gasteiger partial charge in [0.05, 0.1) is 18.5 Å². The largest absolute Gasteiger partial charge is 0.369 e. The van der Waals surface area contributed by atoms with Crippen LogP contribution in [0.3, 0.4) is 0 Å². The second-order valence-corrected chi connectivity index (χ2v) is 10.9. The number of nitrogens with one attached hydrogen (secondary N) is 2. The van der Waals surface area contributed by atoms with Crippen LogP contribution < -0.4 is 5.32 Å². The summed E-state index contributed by atoms with van der Waals surface area (Å²) < 4.78 is 33.2. The molecule has 0 amide bonds. The molecule has 4 aromatic rings. The van der Waals surface area contributed by atoms with Gasteiger partial charge in [0.2, 0.25) is 0 Å². The average Bonchev–Trinajstić information content (AvgIpc) is 3.49. The van der Waals surface area contributed by atoms with Gasteiger partial charge in [0, 0.05) is 30.6 Å². The number of aromatic nitrogens is 4. The zero-order valence-corrected chi connectivity index (χ0v) is 20.1. The second-order valence-electron chi connectivity index (χ2n) is 7.92. The molecule has 0 radical (unpaired) electrons. The molecule has 34 heavy (non-hydrogen) atoms. The number of hydrogen-bond donors (Lipinski definition) is 2. The zero-order valence-electron chi connectivity index (χ0n) is 18.5. The fourth-order valence-electron chi connectivity index (χ4n) is 3.75. The van der Waals surface area contributed by atoms with Gasteiger partial charge in [0.15, 0.2) is 10.2 Å². The molecule has 176 valence electrons. The van der Waals surface area contributed by atoms with E-state index in [0.29, 0.717) is 17.3 Å². The van der Waals surface area contributed by atoms with Crippen LogP contribution in [-0.4, -0.2) is 52.4 Å². The summed E-state index contributed by atoms with van der Waals surface area (Å²) in [5.74, 6) is 1.18. The average molecular weight is 497 g/mol. The molecule has 9 nitrogen and oxygen atoms in total. The number of thiazole rings is 1. The third-order valence-corrected chi connectivity index (χ3v) is 8.12. The van der Waals surface area contributed by atoms with E-state index in [9.17, 15) is 8.42 Å². The smallest absolute Gasteiger partial charge is 0.260 e. The molecule has 0 spiro atoms. The Balaban J connectivity index is 1.28. The summed E-state index contributed by atoms with van der Waals surface area (Å²) in [6.45, 7) is 2.45. The molecular formula is C23H24N6O3S2. The first kappa shape index (κ1) is 22.7. The van der Waals surface area contributed by atoms with E-state index in [1.807, 2.05) is 42.6 Å². The second kappa shape index (κ2) is 9.63. The molecule has 11 heteroatoms. The molecule has 1 aliphatic heterocycles. The number of pyridine rings is 1. The van der Waals surface area contributed by atoms with Crippen LogP contribution in [0.1, 0.15) is 28.1 Å². The van der Waals surface area contributed by atoms with Crippen LogP contribution >= 0.6 is 11.3 Å². The van der Waals surface area contributed by atoms with Gasteiger partial charge in [0.25, 0.3) is 10.0 Å². The van der Waals surface area contributed by atoms with Crippen LogP contribution in [0.25, 0.3) is 0 Å². The quantitative estimate of drug-likeness (QED) is 0.401. The van der Waals surface area contributed by atoms with E-state index in [0.717, 1.165) is 16.4 Å². The number of sulfonamides is 1. The van der Waals surface area contributed by atoms with Crippen molar-refractivity contribution in [3.8, 4) is 0 Å². The fourth-order valence-corrected chi connectivity index (χ4v) is 5.99. The van der Waals surface area contributed by atoms with E-state index in [2.05, 4.69) is 37.4 Å². The highest BCUT2D eigenvalue weighted by molar-refractivity contribution is 7.89. The number of anilines is 2. The number of H-pyrrole nitrogens is 1. The Morgan fingerprint density at radius 3 is 2.79 bits per heavy atom. The topological polar surface area (TPSA) is 113 Å². The van der Waals surface area contributed by atoms with Gasteiger partial charge in [-0.2, -0.15) is 4.31 Å². The van der Waals surface area contributed by atoms with Crippen molar-refractivity contribution in [3.63, 3.8) is 0 Å². The minimum atomic E-state index is -3.68. The predicted octanol–water partition coefficient (Wildman–Crippen LogP) is 3.67. The maximum absolute atomic E-state index is 13.0. The first-order chi connectivity index (χ1) is 16.5. The van der Waals surface area contributed by atoms with Crippen molar-refractivity contribution < 1.29 is 13.2 Å². The summed E-state index contributed by atoms with van der Waals surface area (Å²) in [4.78, 5) is 17.1. The Hall–Kier alpha value is -3.12. The third kappa shape index (κ3) is 5.02. The Kier molecular flexibility index (Phi) is 6.42. The summed E-state index contributed by atoms with van der Waals surface area (Å²) in [6, 6.07) is 15.8. The van der Waals surface area contributed by atoms with Crippen molar-refractivity contribution in [2.75, 3.05) is 25.0 Å². The SMILES string of the molecule is Cc1ncc(S(=O)(=O)N2CCOC(c3cccc(Nc4ncc(Cc5ccccc5)s4)n3)C2)[nH]1. The zero-order chi connectivity index (χ0) is 23.5. The molecule has 0 bridgehead atoms. The molecule has 1 atom stereocenters. The highest BCUT2D eigenvalue weighted by Gasteiger charge is 2.33. The highest BCUT2D eigenvalue weighted by atomic mass is 32.2. The van der Waals surface area contributed by atoms with Gasteiger partial charge in [-0.25, -0.2) is 23.4 Å². The van der Waals surface area contributed by atoms with Crippen LogP contribution in [0.15, 0.2) is 66.0 Å². The fraction of sp³-hybridized carbons (Fsp3) is 0.261. The molecule has 1 aliphatic rings. The molecule has 4 heterocycles. The van der Waals surface area contributed by atoms with Gasteiger partial charge in [0.1, 0.15) is 17.7 Å². The lowest BCUT2D eigenvalue weighted by molar-refractivity contribution is -0.00492. The molecule has 1 unspecified atom stereocenters. The lowest BCUT2D eigenvalue weighted by Crippen LogP contribution is -2.42. The monoisotopic (exact) mass is 496 g/mol. The van der Waals surface area contributed by atoms with Gasteiger partial charge in [-0.1, -0.05) is 36.4 Å². The summed E-state index contributed by atoms with van der Waals surface area (Å²) in [5.41, 5.74) is 1.89. The van der Waals surface area contributed by atoms with Crippen LogP contribution in [0.2, 0.25) is 0 Å². The number of aromatic amines is 1. The van der Waals surface area contributed by atoms with E-state index in [1.165, 1.54) is 16.1 Å². The number of ether oxygens (including phenoxy) is 1. The van der Waals surface area contributed by atoms with E-state index < -0.39 is 16.1 Å². The van der Waals surface area contributed by atoms with Gasteiger partial charge in [-0.15, -0.1) is 11.3 Å². The minimum Gasteiger partial charge on any atom is -0.369 e. The lowest BCUT2D eigenvalue weighted by Gasteiger charge is -2.31. The lowest BCUT2D eigenvalue weighted by atomic mass is 10.1. The van der Waals surface area contributed by atoms with E-state index in [1.54, 1.807) is 18.3 Å². The maximum Gasteiger partial charge on any atom is 0.260 e. The highest BCUT2D eigenvalue weighted by Crippen LogP contribution is 2.28. The van der Waals surface area contributed by atoms with Crippen molar-refractivity contribution in [3.05, 3.63) is 82.9 Å². The third-order valence-electron chi connectivity index (χ3n) is 5.44. The van der Waals surface area contributed by atoms with Crippen molar-refractivity contribution in [2.45, 2.75) is 24.5 Å².